The van der Waals surface area contributed by atoms with E-state index < -0.39 is 16.1 Å². The van der Waals surface area contributed by atoms with Crippen molar-refractivity contribution in [3.05, 3.63) is 84.1 Å². The number of fused-ring (bicyclic) bond motifs is 8. The molecule has 6 aromatic rings. The zero-order valence-corrected chi connectivity index (χ0v) is 27.0. The fourth-order valence-electron chi connectivity index (χ4n) is 8.61. The maximum absolute atomic E-state index is 7.23. The van der Waals surface area contributed by atoms with Crippen molar-refractivity contribution in [2.24, 2.45) is 0 Å². The van der Waals surface area contributed by atoms with Crippen molar-refractivity contribution in [1.29, 1.82) is 0 Å². The molecule has 0 saturated carbocycles. The molecule has 10 rings (SSSR count). The smallest absolute Gasteiger partial charge is 0.236 e. The van der Waals surface area contributed by atoms with E-state index in [2.05, 4.69) is 127 Å². The predicted octanol–water partition coefficient (Wildman–Crippen LogP) is 7.16. The second kappa shape index (κ2) is 7.24. The van der Waals surface area contributed by atoms with Gasteiger partial charge in [0.2, 0.25) is 6.71 Å². The molecule has 0 spiro atoms. The van der Waals surface area contributed by atoms with Crippen LogP contribution >= 0.6 is 0 Å². The number of hydrogen-bond acceptors (Lipinski definition) is 1. The number of rotatable bonds is 2. The van der Waals surface area contributed by atoms with E-state index in [1.807, 2.05) is 0 Å². The first-order valence-corrected chi connectivity index (χ1v) is 22.4. The normalized spacial score (nSPS) is 20.1. The molecule has 0 bridgehead atoms. The number of para-hydroxylation sites is 2. The Bertz CT molecular complexity index is 2320. The van der Waals surface area contributed by atoms with Gasteiger partial charge in [-0.05, 0) is 53.4 Å². The van der Waals surface area contributed by atoms with Gasteiger partial charge in [0.15, 0.2) is 0 Å². The SMILES string of the molecule is C[Si](C)(C)C1=CC2Oc3cc([Si](C)(C)C)cc4c3B3c5c6c(cc7c8ccccc8n-4c57)c4ccccc4n6C(=C1)C32. The summed E-state index contributed by atoms with van der Waals surface area (Å²) in [7, 11) is -3.23. The summed E-state index contributed by atoms with van der Waals surface area (Å²) in [5.74, 6) is 1.36. The van der Waals surface area contributed by atoms with Gasteiger partial charge in [0.25, 0.3) is 0 Å². The molecule has 0 amide bonds. The number of ether oxygens (including phenoxy) is 1. The van der Waals surface area contributed by atoms with Gasteiger partial charge in [-0.3, -0.25) is 0 Å². The zero-order valence-electron chi connectivity index (χ0n) is 25.0. The van der Waals surface area contributed by atoms with Gasteiger partial charge >= 0.3 is 0 Å². The Labute approximate surface area is 248 Å². The Morgan fingerprint density at radius 2 is 1.33 bits per heavy atom. The highest BCUT2D eigenvalue weighted by molar-refractivity contribution is 6.94. The van der Waals surface area contributed by atoms with Crippen molar-refractivity contribution in [1.82, 2.24) is 9.13 Å². The summed E-state index contributed by atoms with van der Waals surface area (Å²) in [6.45, 7) is 15.1. The van der Waals surface area contributed by atoms with Gasteiger partial charge in [0.05, 0.1) is 38.2 Å². The molecule has 0 saturated heterocycles. The van der Waals surface area contributed by atoms with E-state index >= 15 is 0 Å². The maximum atomic E-state index is 7.23. The monoisotopic (exact) mass is 576 g/mol. The molecule has 2 unspecified atom stereocenters. The lowest BCUT2D eigenvalue weighted by Crippen LogP contribution is -2.61. The summed E-state index contributed by atoms with van der Waals surface area (Å²) < 4.78 is 12.5. The second-order valence-electron chi connectivity index (χ2n) is 15.0. The minimum Gasteiger partial charge on any atom is -0.487 e. The lowest BCUT2D eigenvalue weighted by atomic mass is 9.28. The van der Waals surface area contributed by atoms with Crippen LogP contribution < -0.4 is 20.8 Å². The molecule has 204 valence electrons. The standard InChI is InChI=1S/C36H33BN2OSi2/c1-41(2,3)20-15-28-32-30(17-20)40-31-18-21(42(4,5)6)16-29-33(31)37(32)34-35-24(22-11-7-9-13-26(22)38(28)35)19-25-23-12-8-10-14-27(23)39(29)36(25)34/h7-19,30,32H,1-6H3. The van der Waals surface area contributed by atoms with Crippen molar-refractivity contribution >= 4 is 88.3 Å². The molecule has 0 radical (unpaired) electrons. The molecule has 42 heavy (non-hydrogen) atoms. The predicted molar refractivity (Wildman–Crippen MR) is 186 cm³/mol. The maximum Gasteiger partial charge on any atom is 0.236 e. The van der Waals surface area contributed by atoms with Gasteiger partial charge in [0, 0.05) is 38.7 Å². The molecule has 4 aromatic carbocycles. The van der Waals surface area contributed by atoms with Crippen LogP contribution in [0.25, 0.3) is 55.0 Å². The highest BCUT2D eigenvalue weighted by Gasteiger charge is 2.54. The number of allylic oxidation sites excluding steroid dienone is 2. The van der Waals surface area contributed by atoms with E-state index in [-0.39, 0.29) is 18.6 Å². The molecular weight excluding hydrogens is 543 g/mol. The summed E-state index contributed by atoms with van der Waals surface area (Å²) in [6, 6.07) is 25.6. The van der Waals surface area contributed by atoms with Crippen LogP contribution in [0.3, 0.4) is 0 Å². The molecule has 2 aromatic heterocycles. The third kappa shape index (κ3) is 2.66. The Kier molecular flexibility index (Phi) is 4.10. The molecule has 5 heterocycles. The van der Waals surface area contributed by atoms with Crippen LogP contribution in [0.15, 0.2) is 84.1 Å². The highest BCUT2D eigenvalue weighted by Crippen LogP contribution is 2.52. The quantitative estimate of drug-likeness (QED) is 0.200. The van der Waals surface area contributed by atoms with Crippen molar-refractivity contribution in [2.75, 3.05) is 0 Å². The Morgan fingerprint density at radius 3 is 2.00 bits per heavy atom. The van der Waals surface area contributed by atoms with E-state index in [0.717, 1.165) is 5.75 Å². The average Bonchev–Trinajstić information content (AvgIpc) is 3.47. The van der Waals surface area contributed by atoms with Gasteiger partial charge in [-0.1, -0.05) is 86.1 Å². The first kappa shape index (κ1) is 23.8. The molecule has 0 N–H and O–H groups in total. The van der Waals surface area contributed by atoms with Gasteiger partial charge < -0.3 is 13.9 Å². The fraction of sp³-hybridized carbons (Fsp3) is 0.222. The molecule has 0 fully saturated rings. The van der Waals surface area contributed by atoms with Crippen molar-refractivity contribution in [3.63, 3.8) is 0 Å². The van der Waals surface area contributed by atoms with Crippen LogP contribution in [-0.2, 0) is 0 Å². The van der Waals surface area contributed by atoms with E-state index in [9.17, 15) is 0 Å². The van der Waals surface area contributed by atoms with Gasteiger partial charge in [0.1, 0.15) is 11.9 Å². The number of benzene rings is 4. The van der Waals surface area contributed by atoms with Gasteiger partial charge in [-0.2, -0.15) is 0 Å². The summed E-state index contributed by atoms with van der Waals surface area (Å²) in [5.41, 5.74) is 11.1. The lowest BCUT2D eigenvalue weighted by molar-refractivity contribution is 0.247. The van der Waals surface area contributed by atoms with Crippen molar-refractivity contribution in [2.45, 2.75) is 51.2 Å². The molecule has 2 atom stereocenters. The Balaban J connectivity index is 1.50. The Morgan fingerprint density at radius 1 is 0.690 bits per heavy atom. The van der Waals surface area contributed by atoms with Gasteiger partial charge in [-0.25, -0.2) is 0 Å². The number of aromatic nitrogens is 2. The molecular formula is C36H33BN2OSi2. The molecule has 6 heteroatoms. The van der Waals surface area contributed by atoms with Crippen molar-refractivity contribution in [3.8, 4) is 11.4 Å². The largest absolute Gasteiger partial charge is 0.487 e. The topological polar surface area (TPSA) is 19.1 Å². The van der Waals surface area contributed by atoms with Crippen LogP contribution in [0.5, 0.6) is 5.75 Å². The zero-order chi connectivity index (χ0) is 28.4. The van der Waals surface area contributed by atoms with Crippen molar-refractivity contribution < 1.29 is 4.74 Å². The van der Waals surface area contributed by atoms with Gasteiger partial charge in [-0.15, -0.1) is 0 Å². The van der Waals surface area contributed by atoms with E-state index in [1.165, 1.54) is 76.3 Å². The minimum atomic E-state index is -1.62. The average molecular weight is 577 g/mol. The summed E-state index contributed by atoms with van der Waals surface area (Å²) in [6.07, 6.45) is 5.12. The van der Waals surface area contributed by atoms with E-state index in [1.54, 1.807) is 0 Å². The molecule has 3 nitrogen and oxygen atoms in total. The summed E-state index contributed by atoms with van der Waals surface area (Å²) in [4.78, 5) is 0. The molecule has 4 aliphatic rings. The number of hydrogen-bond donors (Lipinski definition) is 0. The van der Waals surface area contributed by atoms with E-state index in [4.69, 9.17) is 4.74 Å². The molecule has 3 aliphatic heterocycles. The fourth-order valence-corrected chi connectivity index (χ4v) is 11.0. The first-order valence-electron chi connectivity index (χ1n) is 15.4. The van der Waals surface area contributed by atoms with Crippen LogP contribution in [0.1, 0.15) is 0 Å². The minimum absolute atomic E-state index is 0.0320. The van der Waals surface area contributed by atoms with Crippen LogP contribution in [0.4, 0.5) is 0 Å². The first-order chi connectivity index (χ1) is 20.1. The van der Waals surface area contributed by atoms with Crippen LogP contribution in [-0.4, -0.2) is 38.1 Å². The van der Waals surface area contributed by atoms with Crippen LogP contribution in [0.2, 0.25) is 45.1 Å². The number of nitrogens with zero attached hydrogens (tertiary/aromatic N) is 2. The lowest BCUT2D eigenvalue weighted by Gasteiger charge is -2.47. The molecule has 1 aliphatic carbocycles. The second-order valence-corrected chi connectivity index (χ2v) is 25.1. The summed E-state index contributed by atoms with van der Waals surface area (Å²) >= 11 is 0. The third-order valence-corrected chi connectivity index (χ3v) is 14.6. The summed E-state index contributed by atoms with van der Waals surface area (Å²) in [5, 5.41) is 8.43. The van der Waals surface area contributed by atoms with Crippen LogP contribution in [0, 0.1) is 0 Å². The highest BCUT2D eigenvalue weighted by atomic mass is 28.3. The van der Waals surface area contributed by atoms with E-state index in [0.29, 0.717) is 0 Å². The Hall–Kier alpha value is -3.74. The third-order valence-electron chi connectivity index (χ3n) is 10.6.